The summed E-state index contributed by atoms with van der Waals surface area (Å²) in [5.74, 6) is 0. The molecular weight excluding hydrogens is 455 g/mol. The number of benzene rings is 2. The number of nitrogens with zero attached hydrogens (tertiary/aromatic N) is 4. The molecule has 0 aliphatic heterocycles. The van der Waals surface area contributed by atoms with Gasteiger partial charge in [-0.3, -0.25) is 15.1 Å². The smallest absolute Gasteiger partial charge is 0.258 e. The summed E-state index contributed by atoms with van der Waals surface area (Å²) in [5, 5.41) is 19.0. The fourth-order valence-corrected chi connectivity index (χ4v) is 4.16. The van der Waals surface area contributed by atoms with Gasteiger partial charge in [-0.2, -0.15) is 5.10 Å². The molecule has 2 aromatic carbocycles. The third kappa shape index (κ3) is 5.31. The van der Waals surface area contributed by atoms with Crippen molar-refractivity contribution < 1.29 is 4.92 Å². The molecule has 0 spiro atoms. The minimum atomic E-state index is -0.392. The molecule has 3 aromatic rings. The monoisotopic (exact) mass is 474 g/mol. The predicted octanol–water partition coefficient (Wildman–Crippen LogP) is 6.49. The summed E-state index contributed by atoms with van der Waals surface area (Å²) in [6.07, 6.45) is 0. The van der Waals surface area contributed by atoms with Crippen molar-refractivity contribution in [2.24, 2.45) is 10.1 Å². The first-order valence-electron chi connectivity index (χ1n) is 9.29. The van der Waals surface area contributed by atoms with Crippen LogP contribution in [-0.2, 0) is 0 Å². The van der Waals surface area contributed by atoms with Crippen molar-refractivity contribution in [3.05, 3.63) is 90.0 Å². The van der Waals surface area contributed by atoms with E-state index in [9.17, 15) is 10.1 Å². The van der Waals surface area contributed by atoms with Gasteiger partial charge in [0.1, 0.15) is 0 Å². The number of nitro groups is 1. The molecule has 9 heteroatoms. The van der Waals surface area contributed by atoms with Crippen molar-refractivity contribution in [1.29, 1.82) is 0 Å². The fourth-order valence-electron chi connectivity index (χ4n) is 2.83. The Bertz CT molecular complexity index is 1270. The summed E-state index contributed by atoms with van der Waals surface area (Å²) in [7, 11) is 0. The SMILES string of the molecule is C=C(C)CN=c1scc(-c2ccc(Cl)cc2Cl)n1N=C(C)c1ccc(C)c([N+](=O)[O-])c1. The zero-order valence-corrected chi connectivity index (χ0v) is 19.6. The van der Waals surface area contributed by atoms with E-state index in [1.54, 1.807) is 36.7 Å². The lowest BCUT2D eigenvalue weighted by Crippen LogP contribution is -2.15. The molecule has 0 N–H and O–H groups in total. The van der Waals surface area contributed by atoms with E-state index in [0.29, 0.717) is 38.2 Å². The first-order valence-corrected chi connectivity index (χ1v) is 10.9. The molecule has 0 unspecified atom stereocenters. The van der Waals surface area contributed by atoms with Crippen LogP contribution in [0.2, 0.25) is 10.0 Å². The van der Waals surface area contributed by atoms with Gasteiger partial charge in [-0.05, 0) is 39.0 Å². The van der Waals surface area contributed by atoms with E-state index in [-0.39, 0.29) is 5.69 Å². The molecule has 160 valence electrons. The van der Waals surface area contributed by atoms with Crippen molar-refractivity contribution in [3.63, 3.8) is 0 Å². The maximum absolute atomic E-state index is 11.3. The van der Waals surface area contributed by atoms with Gasteiger partial charge in [0.25, 0.3) is 5.69 Å². The Balaban J connectivity index is 2.19. The van der Waals surface area contributed by atoms with Crippen LogP contribution in [0.1, 0.15) is 25.0 Å². The van der Waals surface area contributed by atoms with Crippen molar-refractivity contribution in [1.82, 2.24) is 4.68 Å². The topological polar surface area (TPSA) is 72.8 Å². The van der Waals surface area contributed by atoms with Gasteiger partial charge in [0.05, 0.1) is 27.9 Å². The lowest BCUT2D eigenvalue weighted by atomic mass is 10.1. The Morgan fingerprint density at radius 1 is 1.23 bits per heavy atom. The summed E-state index contributed by atoms with van der Waals surface area (Å²) in [6, 6.07) is 10.3. The Labute approximate surface area is 194 Å². The van der Waals surface area contributed by atoms with E-state index >= 15 is 0 Å². The standard InChI is InChI=1S/C22H20Cl2N4O2S/c1-13(2)11-25-22-27(21(12-31-22)18-8-7-17(23)10-19(18)24)26-15(4)16-6-5-14(3)20(9-16)28(29)30/h5-10,12H,1,11H2,2-4H3. The second-order valence-electron chi connectivity index (χ2n) is 7.06. The van der Waals surface area contributed by atoms with Crippen LogP contribution in [0.4, 0.5) is 5.69 Å². The molecule has 0 fully saturated rings. The van der Waals surface area contributed by atoms with Gasteiger partial charge in [-0.15, -0.1) is 11.3 Å². The van der Waals surface area contributed by atoms with Crippen molar-refractivity contribution in [3.8, 4) is 11.3 Å². The van der Waals surface area contributed by atoms with Gasteiger partial charge >= 0.3 is 0 Å². The third-order valence-electron chi connectivity index (χ3n) is 4.45. The van der Waals surface area contributed by atoms with E-state index in [0.717, 1.165) is 16.8 Å². The highest BCUT2D eigenvalue weighted by Gasteiger charge is 2.15. The van der Waals surface area contributed by atoms with Crippen molar-refractivity contribution in [2.75, 3.05) is 6.54 Å². The molecule has 0 aliphatic carbocycles. The minimum Gasteiger partial charge on any atom is -0.258 e. The lowest BCUT2D eigenvalue weighted by molar-refractivity contribution is -0.385. The predicted molar refractivity (Wildman–Crippen MR) is 128 cm³/mol. The Morgan fingerprint density at radius 2 is 1.97 bits per heavy atom. The lowest BCUT2D eigenvalue weighted by Gasteiger charge is -2.08. The molecule has 6 nitrogen and oxygen atoms in total. The van der Waals surface area contributed by atoms with Gasteiger partial charge < -0.3 is 0 Å². The average Bonchev–Trinajstić information content (AvgIpc) is 3.08. The molecule has 1 aromatic heterocycles. The molecule has 0 amide bonds. The number of hydrogen-bond acceptors (Lipinski definition) is 5. The van der Waals surface area contributed by atoms with Gasteiger partial charge in [0.15, 0.2) is 0 Å². The quantitative estimate of drug-likeness (QED) is 0.177. The molecule has 0 saturated carbocycles. The number of nitro benzene ring substituents is 1. The van der Waals surface area contributed by atoms with Gasteiger partial charge in [-0.25, -0.2) is 4.68 Å². The molecule has 0 saturated heterocycles. The van der Waals surface area contributed by atoms with Crippen molar-refractivity contribution >= 4 is 45.9 Å². The van der Waals surface area contributed by atoms with E-state index in [2.05, 4.69) is 11.6 Å². The Morgan fingerprint density at radius 3 is 2.61 bits per heavy atom. The highest BCUT2D eigenvalue weighted by molar-refractivity contribution is 7.07. The van der Waals surface area contributed by atoms with Crippen LogP contribution in [0.25, 0.3) is 11.3 Å². The largest absolute Gasteiger partial charge is 0.272 e. The van der Waals surface area contributed by atoms with Crippen LogP contribution in [0, 0.1) is 17.0 Å². The van der Waals surface area contributed by atoms with E-state index < -0.39 is 4.92 Å². The summed E-state index contributed by atoms with van der Waals surface area (Å²) < 4.78 is 1.70. The van der Waals surface area contributed by atoms with Crippen LogP contribution in [0.3, 0.4) is 0 Å². The van der Waals surface area contributed by atoms with E-state index in [1.165, 1.54) is 17.4 Å². The number of hydrogen-bond donors (Lipinski definition) is 0. The Kier molecular flexibility index (Phi) is 7.10. The second-order valence-corrected chi connectivity index (χ2v) is 8.74. The second kappa shape index (κ2) is 9.60. The third-order valence-corrected chi connectivity index (χ3v) is 5.85. The van der Waals surface area contributed by atoms with Crippen molar-refractivity contribution in [2.45, 2.75) is 20.8 Å². The molecule has 1 heterocycles. The summed E-state index contributed by atoms with van der Waals surface area (Å²) in [6.45, 7) is 9.76. The number of thiazole rings is 1. The zero-order valence-electron chi connectivity index (χ0n) is 17.2. The maximum Gasteiger partial charge on any atom is 0.272 e. The van der Waals surface area contributed by atoms with Crippen LogP contribution in [0.5, 0.6) is 0 Å². The highest BCUT2D eigenvalue weighted by atomic mass is 35.5. The number of halogens is 2. The number of rotatable bonds is 6. The highest BCUT2D eigenvalue weighted by Crippen LogP contribution is 2.31. The molecule has 0 bridgehead atoms. The van der Waals surface area contributed by atoms with Crippen LogP contribution in [-0.4, -0.2) is 21.9 Å². The van der Waals surface area contributed by atoms with E-state index in [4.69, 9.17) is 28.3 Å². The molecule has 0 atom stereocenters. The number of aromatic nitrogens is 1. The summed E-state index contributed by atoms with van der Waals surface area (Å²) >= 11 is 13.9. The molecule has 3 rings (SSSR count). The minimum absolute atomic E-state index is 0.0514. The Hall–Kier alpha value is -2.74. The average molecular weight is 475 g/mol. The maximum atomic E-state index is 11.3. The van der Waals surface area contributed by atoms with Gasteiger partial charge in [0.2, 0.25) is 4.80 Å². The van der Waals surface area contributed by atoms with Crippen LogP contribution in [0.15, 0.2) is 64.0 Å². The molecule has 31 heavy (non-hydrogen) atoms. The van der Waals surface area contributed by atoms with Gasteiger partial charge in [-0.1, -0.05) is 47.5 Å². The first kappa shape index (κ1) is 22.9. The van der Waals surface area contributed by atoms with Gasteiger partial charge in [0, 0.05) is 33.2 Å². The fraction of sp³-hybridized carbons (Fsp3) is 0.182. The summed E-state index contributed by atoms with van der Waals surface area (Å²) in [5.41, 5.74) is 4.31. The summed E-state index contributed by atoms with van der Waals surface area (Å²) in [4.78, 5) is 16.2. The first-order chi connectivity index (χ1) is 14.7. The molecule has 0 aliphatic rings. The van der Waals surface area contributed by atoms with Crippen LogP contribution >= 0.6 is 34.5 Å². The number of aryl methyl sites for hydroxylation is 1. The van der Waals surface area contributed by atoms with Crippen LogP contribution < -0.4 is 4.80 Å². The zero-order chi connectivity index (χ0) is 22.7. The molecule has 0 radical (unpaired) electrons. The normalized spacial score (nSPS) is 12.3. The molecular formula is C22H20Cl2N4O2S. The van der Waals surface area contributed by atoms with E-state index in [1.807, 2.05) is 24.4 Å².